The maximum Gasteiger partial charge on any atom is 0.255 e. The van der Waals surface area contributed by atoms with Crippen molar-refractivity contribution >= 4 is 23.2 Å². The van der Waals surface area contributed by atoms with Crippen LogP contribution in [0.3, 0.4) is 0 Å². The summed E-state index contributed by atoms with van der Waals surface area (Å²) in [5, 5.41) is 5.44. The van der Waals surface area contributed by atoms with Gasteiger partial charge >= 0.3 is 0 Å². The van der Waals surface area contributed by atoms with Crippen molar-refractivity contribution in [2.24, 2.45) is 5.92 Å². The van der Waals surface area contributed by atoms with E-state index in [-0.39, 0.29) is 11.8 Å². The van der Waals surface area contributed by atoms with Crippen molar-refractivity contribution < 1.29 is 9.53 Å². The highest BCUT2D eigenvalue weighted by atomic mass is 32.2. The van der Waals surface area contributed by atoms with Crippen LogP contribution >= 0.6 is 11.8 Å². The lowest BCUT2D eigenvalue weighted by molar-refractivity contribution is -0.126. The summed E-state index contributed by atoms with van der Waals surface area (Å²) in [5.41, 5.74) is 5.20. The van der Waals surface area contributed by atoms with E-state index in [0.717, 1.165) is 42.1 Å². The molecule has 1 aromatic carbocycles. The normalized spacial score (nSPS) is 31.8. The van der Waals surface area contributed by atoms with Gasteiger partial charge in [-0.3, -0.25) is 4.79 Å². The first-order valence-electron chi connectivity index (χ1n) is 8.89. The second-order valence-electron chi connectivity index (χ2n) is 7.23. The maximum atomic E-state index is 13.5. The van der Waals surface area contributed by atoms with Gasteiger partial charge in [-0.25, -0.2) is 0 Å². The molecule has 1 spiro atoms. The van der Waals surface area contributed by atoms with Gasteiger partial charge in [-0.15, -0.1) is 11.8 Å². The van der Waals surface area contributed by atoms with Crippen LogP contribution in [0.5, 0.6) is 5.75 Å². The first kappa shape index (κ1) is 14.1. The molecule has 5 heteroatoms. The number of rotatable bonds is 0. The summed E-state index contributed by atoms with van der Waals surface area (Å²) in [6.45, 7) is 0.552. The second kappa shape index (κ2) is 4.73. The zero-order chi connectivity index (χ0) is 16.6. The zero-order valence-corrected chi connectivity index (χ0v) is 14.6. The van der Waals surface area contributed by atoms with E-state index in [9.17, 15) is 4.79 Å². The van der Waals surface area contributed by atoms with Crippen LogP contribution in [-0.2, 0) is 4.79 Å². The van der Waals surface area contributed by atoms with Gasteiger partial charge in [0.25, 0.3) is 5.91 Å². The first-order chi connectivity index (χ1) is 12.3. The molecule has 25 heavy (non-hydrogen) atoms. The Morgan fingerprint density at radius 3 is 3.20 bits per heavy atom. The minimum atomic E-state index is -0.600. The number of para-hydroxylation sites is 1. The smallest absolute Gasteiger partial charge is 0.255 e. The Morgan fingerprint density at radius 2 is 2.24 bits per heavy atom. The molecule has 1 saturated heterocycles. The number of thioether (sulfide) groups is 1. The molecular weight excluding hydrogens is 332 g/mol. The monoisotopic (exact) mass is 350 g/mol. The lowest BCUT2D eigenvalue weighted by Gasteiger charge is -2.40. The summed E-state index contributed by atoms with van der Waals surface area (Å²) in [5.74, 6) is 2.09. The number of fused-ring (bicyclic) bond motifs is 8. The molecule has 126 valence electrons. The minimum absolute atomic E-state index is 0.140. The molecule has 0 saturated carbocycles. The molecular formula is C20H18N2O2S. The molecule has 1 amide bonds. The van der Waals surface area contributed by atoms with Crippen LogP contribution in [0.25, 0.3) is 5.57 Å². The molecule has 1 aliphatic carbocycles. The summed E-state index contributed by atoms with van der Waals surface area (Å²) in [6.07, 6.45) is 5.49. The molecule has 6 rings (SSSR count). The number of ether oxygens (including phenoxy) is 1. The van der Waals surface area contributed by atoms with Crippen molar-refractivity contribution in [1.29, 1.82) is 0 Å². The molecule has 4 aliphatic heterocycles. The van der Waals surface area contributed by atoms with E-state index in [1.165, 1.54) is 16.8 Å². The number of carbonyl (C=O) groups excluding carboxylic acids is 1. The third-order valence-electron chi connectivity index (χ3n) is 6.18. The topological polar surface area (TPSA) is 41.6 Å². The fraction of sp³-hybridized carbons (Fsp3) is 0.350. The van der Waals surface area contributed by atoms with Crippen molar-refractivity contribution in [2.45, 2.75) is 24.8 Å². The number of amides is 1. The molecule has 2 unspecified atom stereocenters. The number of hydrogen-bond acceptors (Lipinski definition) is 4. The number of nitrogens with one attached hydrogen (secondary N) is 1. The molecule has 4 heterocycles. The van der Waals surface area contributed by atoms with Gasteiger partial charge in [0.05, 0.1) is 11.6 Å². The lowest BCUT2D eigenvalue weighted by Crippen LogP contribution is -2.54. The average molecular weight is 350 g/mol. The predicted molar refractivity (Wildman–Crippen MR) is 97.5 cm³/mol. The van der Waals surface area contributed by atoms with Crippen molar-refractivity contribution in [3.63, 3.8) is 0 Å². The molecule has 5 aliphatic rings. The third kappa shape index (κ3) is 1.54. The average Bonchev–Trinajstić information content (AvgIpc) is 3.30. The molecule has 0 bridgehead atoms. The van der Waals surface area contributed by atoms with Crippen LogP contribution in [0, 0.1) is 5.92 Å². The highest BCUT2D eigenvalue weighted by molar-refractivity contribution is 8.02. The minimum Gasteiger partial charge on any atom is -0.488 e. The Morgan fingerprint density at radius 1 is 1.32 bits per heavy atom. The summed E-state index contributed by atoms with van der Waals surface area (Å²) >= 11 is 1.78. The van der Waals surface area contributed by atoms with E-state index < -0.39 is 5.54 Å². The fourth-order valence-corrected chi connectivity index (χ4v) is 6.23. The number of nitrogens with zero attached hydrogens (tertiary/aromatic N) is 1. The van der Waals surface area contributed by atoms with Gasteiger partial charge in [0.15, 0.2) is 5.54 Å². The summed E-state index contributed by atoms with van der Waals surface area (Å²) in [4.78, 5) is 15.8. The highest BCUT2D eigenvalue weighted by Crippen LogP contribution is 2.60. The molecule has 0 aromatic heterocycles. The Hall–Kier alpha value is -2.14. The highest BCUT2D eigenvalue weighted by Gasteiger charge is 2.65. The summed E-state index contributed by atoms with van der Waals surface area (Å²) in [6, 6.07) is 8.18. The Labute approximate surface area is 150 Å². The largest absolute Gasteiger partial charge is 0.488 e. The molecule has 0 radical (unpaired) electrons. The lowest BCUT2D eigenvalue weighted by atomic mass is 9.71. The molecule has 1 aromatic rings. The zero-order valence-electron chi connectivity index (χ0n) is 13.7. The Kier molecular flexibility index (Phi) is 2.66. The predicted octanol–water partition coefficient (Wildman–Crippen LogP) is 3.25. The van der Waals surface area contributed by atoms with E-state index in [1.54, 1.807) is 11.8 Å². The number of benzene rings is 1. The molecule has 1 N–H and O–H groups in total. The van der Waals surface area contributed by atoms with Crippen LogP contribution in [0.15, 0.2) is 52.7 Å². The van der Waals surface area contributed by atoms with Crippen LogP contribution < -0.4 is 10.1 Å². The van der Waals surface area contributed by atoms with Gasteiger partial charge < -0.3 is 15.0 Å². The standard InChI is InChI=1S/C20H18N2O2S/c23-19-20(14-6-2-3-7-15(14)21-19)18-12-5-1-4-8-17(12)24-9-13(18)16-10-25-11-22(16)20/h1,4-5,7-8,10,14H,2-3,6,9,11H2,(H,21,23). The van der Waals surface area contributed by atoms with Crippen LogP contribution in [-0.4, -0.2) is 28.8 Å². The number of allylic oxidation sites excluding steroid dienone is 1. The Bertz CT molecular complexity index is 916. The summed E-state index contributed by atoms with van der Waals surface area (Å²) in [7, 11) is 0. The number of carbonyl (C=O) groups is 1. The summed E-state index contributed by atoms with van der Waals surface area (Å²) < 4.78 is 6.04. The van der Waals surface area contributed by atoms with Gasteiger partial charge in [-0.2, -0.15) is 0 Å². The SMILES string of the molecule is O=C1NC2=CCCCC2C12C1=C(COc3ccccc31)C1=CSCN12. The van der Waals surface area contributed by atoms with Gasteiger partial charge in [0.1, 0.15) is 12.4 Å². The maximum absolute atomic E-state index is 13.5. The van der Waals surface area contributed by atoms with E-state index in [1.807, 2.05) is 18.2 Å². The Balaban J connectivity index is 1.67. The third-order valence-corrected chi connectivity index (χ3v) is 6.98. The van der Waals surface area contributed by atoms with Crippen LogP contribution in [0.2, 0.25) is 0 Å². The van der Waals surface area contributed by atoms with Crippen LogP contribution in [0.4, 0.5) is 0 Å². The molecule has 1 fully saturated rings. The quantitative estimate of drug-likeness (QED) is 0.780. The van der Waals surface area contributed by atoms with Crippen molar-refractivity contribution in [1.82, 2.24) is 10.2 Å². The first-order valence-corrected chi connectivity index (χ1v) is 9.94. The molecule has 2 atom stereocenters. The van der Waals surface area contributed by atoms with Gasteiger partial charge in [-0.05, 0) is 30.7 Å². The van der Waals surface area contributed by atoms with E-state index in [4.69, 9.17) is 4.74 Å². The van der Waals surface area contributed by atoms with E-state index in [2.05, 4.69) is 27.8 Å². The van der Waals surface area contributed by atoms with Gasteiger partial charge in [0.2, 0.25) is 0 Å². The molecule has 4 nitrogen and oxygen atoms in total. The van der Waals surface area contributed by atoms with Crippen LogP contribution in [0.1, 0.15) is 24.8 Å². The van der Waals surface area contributed by atoms with Crippen molar-refractivity contribution in [3.8, 4) is 5.75 Å². The fourth-order valence-electron chi connectivity index (χ4n) is 5.24. The van der Waals surface area contributed by atoms with Gasteiger partial charge in [0, 0.05) is 28.3 Å². The van der Waals surface area contributed by atoms with Gasteiger partial charge in [-0.1, -0.05) is 24.3 Å². The van der Waals surface area contributed by atoms with E-state index >= 15 is 0 Å². The van der Waals surface area contributed by atoms with Crippen molar-refractivity contribution in [2.75, 3.05) is 12.5 Å². The van der Waals surface area contributed by atoms with E-state index in [0.29, 0.717) is 6.61 Å². The number of hydrogen-bond donors (Lipinski definition) is 1. The second-order valence-corrected chi connectivity index (χ2v) is 8.06. The van der Waals surface area contributed by atoms with Crippen molar-refractivity contribution in [3.05, 3.63) is 58.3 Å².